The van der Waals surface area contributed by atoms with Crippen molar-refractivity contribution in [3.8, 4) is 11.8 Å². The van der Waals surface area contributed by atoms with E-state index in [1.54, 1.807) is 0 Å². The van der Waals surface area contributed by atoms with Crippen LogP contribution in [0.5, 0.6) is 0 Å². The molecule has 0 aliphatic rings. The third kappa shape index (κ3) is 2.92. The van der Waals surface area contributed by atoms with Crippen LogP contribution >= 0.6 is 0 Å². The number of nitro groups is 1. The maximum Gasteiger partial charge on any atom is 0.384 e. The van der Waals surface area contributed by atoms with Gasteiger partial charge in [0.1, 0.15) is 0 Å². The van der Waals surface area contributed by atoms with Crippen molar-refractivity contribution in [1.29, 1.82) is 0 Å². The molecule has 0 fully saturated rings. The molecule has 0 bridgehead atoms. The molecule has 0 saturated carbocycles. The number of nitrogens with two attached hydrogens (primary N) is 1. The summed E-state index contributed by atoms with van der Waals surface area (Å²) in [7, 11) is 1.12. The Morgan fingerprint density at radius 3 is 2.76 bits per heavy atom. The van der Waals surface area contributed by atoms with Crippen molar-refractivity contribution in [2.24, 2.45) is 0 Å². The van der Waals surface area contributed by atoms with Crippen LogP contribution in [0.2, 0.25) is 0 Å². The molecular formula is C10H7FN2O4. The summed E-state index contributed by atoms with van der Waals surface area (Å²) in [4.78, 5) is 20.4. The Morgan fingerprint density at radius 1 is 1.59 bits per heavy atom. The van der Waals surface area contributed by atoms with Crippen LogP contribution in [0.4, 0.5) is 15.8 Å². The van der Waals surface area contributed by atoms with Gasteiger partial charge in [-0.3, -0.25) is 10.1 Å². The number of anilines is 1. The van der Waals surface area contributed by atoms with E-state index in [-0.39, 0.29) is 11.3 Å². The molecule has 17 heavy (non-hydrogen) atoms. The molecule has 1 aromatic rings. The highest BCUT2D eigenvalue weighted by atomic mass is 19.1. The first-order valence-corrected chi connectivity index (χ1v) is 4.29. The Bertz CT molecular complexity index is 545. The van der Waals surface area contributed by atoms with Crippen molar-refractivity contribution in [3.63, 3.8) is 0 Å². The molecule has 0 aromatic heterocycles. The van der Waals surface area contributed by atoms with Gasteiger partial charge in [0.25, 0.3) is 5.69 Å². The third-order valence-corrected chi connectivity index (χ3v) is 1.81. The second kappa shape index (κ2) is 4.94. The first kappa shape index (κ1) is 12.4. The number of hydrogen-bond acceptors (Lipinski definition) is 5. The van der Waals surface area contributed by atoms with E-state index >= 15 is 0 Å². The molecule has 6 nitrogen and oxygen atoms in total. The van der Waals surface area contributed by atoms with Gasteiger partial charge in [0.2, 0.25) is 0 Å². The highest BCUT2D eigenvalue weighted by molar-refractivity contribution is 5.89. The Hall–Kier alpha value is -2.62. The molecule has 1 aromatic carbocycles. The normalized spacial score (nSPS) is 9.06. The fourth-order valence-corrected chi connectivity index (χ4v) is 0.982. The number of esters is 1. The number of nitro benzene ring substituents is 1. The van der Waals surface area contributed by atoms with Crippen molar-refractivity contribution in [2.45, 2.75) is 0 Å². The minimum Gasteiger partial charge on any atom is -0.459 e. The topological polar surface area (TPSA) is 95.5 Å². The lowest BCUT2D eigenvalue weighted by atomic mass is 10.1. The molecule has 88 valence electrons. The van der Waals surface area contributed by atoms with Crippen LogP contribution in [0.1, 0.15) is 5.56 Å². The van der Waals surface area contributed by atoms with Gasteiger partial charge in [0.05, 0.1) is 29.4 Å². The minimum absolute atomic E-state index is 0.137. The number of non-ortho nitro benzene ring substituents is 1. The summed E-state index contributed by atoms with van der Waals surface area (Å²) in [6.45, 7) is 0. The SMILES string of the molecule is COC(=O)C#Cc1cc([N+](=O)[O-])cc(F)c1N. The number of benzene rings is 1. The fraction of sp³-hybridized carbons (Fsp3) is 0.100. The van der Waals surface area contributed by atoms with Crippen LogP contribution in [0, 0.1) is 27.8 Å². The predicted molar refractivity (Wildman–Crippen MR) is 56.4 cm³/mol. The highest BCUT2D eigenvalue weighted by Crippen LogP contribution is 2.22. The lowest BCUT2D eigenvalue weighted by Crippen LogP contribution is -1.99. The smallest absolute Gasteiger partial charge is 0.384 e. The number of halogens is 1. The van der Waals surface area contributed by atoms with Gasteiger partial charge in [-0.25, -0.2) is 9.18 Å². The van der Waals surface area contributed by atoms with Crippen LogP contribution < -0.4 is 5.73 Å². The number of hydrogen-bond donors (Lipinski definition) is 1. The summed E-state index contributed by atoms with van der Waals surface area (Å²) in [5.41, 5.74) is 4.34. The monoisotopic (exact) mass is 238 g/mol. The second-order valence-corrected chi connectivity index (χ2v) is 2.89. The van der Waals surface area contributed by atoms with Gasteiger partial charge in [0, 0.05) is 12.0 Å². The van der Waals surface area contributed by atoms with Crippen LogP contribution in [0.3, 0.4) is 0 Å². The third-order valence-electron chi connectivity index (χ3n) is 1.81. The number of nitrogen functional groups attached to an aromatic ring is 1. The Morgan fingerprint density at radius 2 is 2.24 bits per heavy atom. The Kier molecular flexibility index (Phi) is 3.62. The molecule has 0 aliphatic heterocycles. The number of rotatable bonds is 1. The van der Waals surface area contributed by atoms with Crippen molar-refractivity contribution in [1.82, 2.24) is 0 Å². The van der Waals surface area contributed by atoms with Crippen molar-refractivity contribution >= 4 is 17.3 Å². The van der Waals surface area contributed by atoms with Crippen molar-refractivity contribution in [3.05, 3.63) is 33.6 Å². The van der Waals surface area contributed by atoms with Gasteiger partial charge in [-0.1, -0.05) is 5.92 Å². The molecule has 7 heteroatoms. The maximum absolute atomic E-state index is 13.2. The van der Waals surface area contributed by atoms with E-state index in [0.717, 1.165) is 13.2 Å². The van der Waals surface area contributed by atoms with Gasteiger partial charge in [-0.2, -0.15) is 0 Å². The highest BCUT2D eigenvalue weighted by Gasteiger charge is 2.13. The number of ether oxygens (including phenoxy) is 1. The molecule has 0 radical (unpaired) electrons. The van der Waals surface area contributed by atoms with E-state index in [2.05, 4.69) is 10.7 Å². The van der Waals surface area contributed by atoms with Gasteiger partial charge < -0.3 is 10.5 Å². The van der Waals surface area contributed by atoms with Gasteiger partial charge in [-0.05, 0) is 0 Å². The average molecular weight is 238 g/mol. The summed E-state index contributed by atoms with van der Waals surface area (Å²) in [6, 6.07) is 1.66. The van der Waals surface area contributed by atoms with Crippen LogP contribution in [-0.2, 0) is 9.53 Å². The molecular weight excluding hydrogens is 231 g/mol. The predicted octanol–water partition coefficient (Wildman–Crippen LogP) is 0.841. The second-order valence-electron chi connectivity index (χ2n) is 2.89. The maximum atomic E-state index is 13.2. The van der Waals surface area contributed by atoms with Gasteiger partial charge in [0.15, 0.2) is 5.82 Å². The molecule has 2 N–H and O–H groups in total. The van der Waals surface area contributed by atoms with Crippen molar-refractivity contribution in [2.75, 3.05) is 12.8 Å². The van der Waals surface area contributed by atoms with Gasteiger partial charge >= 0.3 is 5.97 Å². The lowest BCUT2D eigenvalue weighted by molar-refractivity contribution is -0.385. The first-order chi connectivity index (χ1) is 7.95. The molecule has 0 heterocycles. The zero-order valence-electron chi connectivity index (χ0n) is 8.69. The average Bonchev–Trinajstić information content (AvgIpc) is 2.30. The summed E-state index contributed by atoms with van der Waals surface area (Å²) in [5.74, 6) is 2.39. The standard InChI is InChI=1S/C10H7FN2O4/c1-17-9(14)3-2-6-4-7(13(15)16)5-8(11)10(6)12/h4-5H,12H2,1H3. The van der Waals surface area contributed by atoms with E-state index in [0.29, 0.717) is 6.07 Å². The number of carbonyl (C=O) groups is 1. The minimum atomic E-state index is -0.964. The zero-order valence-corrected chi connectivity index (χ0v) is 8.69. The summed E-state index contributed by atoms with van der Waals surface area (Å²) in [5, 5.41) is 10.5. The van der Waals surface area contributed by atoms with Crippen LogP contribution in [0.25, 0.3) is 0 Å². The van der Waals surface area contributed by atoms with Gasteiger partial charge in [-0.15, -0.1) is 0 Å². The molecule has 0 unspecified atom stereocenters. The van der Waals surface area contributed by atoms with Crippen LogP contribution in [0.15, 0.2) is 12.1 Å². The Labute approximate surface area is 95.3 Å². The van der Waals surface area contributed by atoms with Crippen LogP contribution in [-0.4, -0.2) is 18.0 Å². The van der Waals surface area contributed by atoms with E-state index in [1.165, 1.54) is 0 Å². The largest absolute Gasteiger partial charge is 0.459 e. The van der Waals surface area contributed by atoms with E-state index in [9.17, 15) is 19.3 Å². The number of nitrogens with zero attached hydrogens (tertiary/aromatic N) is 1. The van der Waals surface area contributed by atoms with E-state index in [1.807, 2.05) is 5.92 Å². The quantitative estimate of drug-likeness (QED) is 0.257. The summed E-state index contributed by atoms with van der Waals surface area (Å²) in [6.07, 6.45) is 0. The molecule has 0 amide bonds. The van der Waals surface area contributed by atoms with E-state index in [4.69, 9.17) is 5.73 Å². The molecule has 1 rings (SSSR count). The number of methoxy groups -OCH3 is 1. The summed E-state index contributed by atoms with van der Waals surface area (Å²) >= 11 is 0. The molecule has 0 spiro atoms. The van der Waals surface area contributed by atoms with Crippen molar-refractivity contribution < 1.29 is 18.8 Å². The summed E-state index contributed by atoms with van der Waals surface area (Å²) < 4.78 is 17.4. The van der Waals surface area contributed by atoms with E-state index < -0.39 is 22.4 Å². The first-order valence-electron chi connectivity index (χ1n) is 4.29. The lowest BCUT2D eigenvalue weighted by Gasteiger charge is -2.00. The Balaban J connectivity index is 3.26. The fourth-order valence-electron chi connectivity index (χ4n) is 0.982. The number of carbonyl (C=O) groups excluding carboxylic acids is 1. The molecule has 0 saturated heterocycles. The molecule has 0 aliphatic carbocycles. The molecule has 0 atom stereocenters. The zero-order chi connectivity index (χ0) is 13.0.